The second kappa shape index (κ2) is 5.22. The molecule has 0 radical (unpaired) electrons. The number of amides is 1. The molecule has 0 saturated heterocycles. The molecule has 2 aliphatic carbocycles. The van der Waals surface area contributed by atoms with Gasteiger partial charge in [0.15, 0.2) is 0 Å². The quantitative estimate of drug-likeness (QED) is 0.824. The van der Waals surface area contributed by atoms with Gasteiger partial charge in [0.25, 0.3) is 0 Å². The van der Waals surface area contributed by atoms with Crippen LogP contribution in [0.5, 0.6) is 0 Å². The predicted octanol–water partition coefficient (Wildman–Crippen LogP) is 3.16. The Morgan fingerprint density at radius 3 is 2.50 bits per heavy atom. The summed E-state index contributed by atoms with van der Waals surface area (Å²) in [6.45, 7) is 0. The molecule has 1 aromatic carbocycles. The molecule has 2 bridgehead atoms. The van der Waals surface area contributed by atoms with Crippen molar-refractivity contribution in [3.8, 4) is 0 Å². The lowest BCUT2D eigenvalue weighted by atomic mass is 9.84. The van der Waals surface area contributed by atoms with Gasteiger partial charge < -0.3 is 11.1 Å². The highest BCUT2D eigenvalue weighted by Gasteiger charge is 2.49. The molecule has 2 fully saturated rings. The molecular weight excluding hydrogens is 300 g/mol. The van der Waals surface area contributed by atoms with Crippen LogP contribution in [0.1, 0.15) is 24.8 Å². The van der Waals surface area contributed by atoms with Crippen LogP contribution in [-0.4, -0.2) is 11.9 Å². The summed E-state index contributed by atoms with van der Waals surface area (Å²) < 4.78 is 51.3. The maximum absolute atomic E-state index is 13.2. The van der Waals surface area contributed by atoms with Crippen molar-refractivity contribution in [3.05, 3.63) is 29.6 Å². The van der Waals surface area contributed by atoms with Gasteiger partial charge in [-0.05, 0) is 49.3 Å². The van der Waals surface area contributed by atoms with Crippen molar-refractivity contribution in [1.29, 1.82) is 0 Å². The SMILES string of the molecule is NC1C2CCC(C2)C1C(=O)Nc1ccc(F)c(C(F)(F)F)c1. The summed E-state index contributed by atoms with van der Waals surface area (Å²) in [5.41, 5.74) is 4.59. The smallest absolute Gasteiger partial charge is 0.327 e. The number of alkyl halides is 3. The summed E-state index contributed by atoms with van der Waals surface area (Å²) in [7, 11) is 0. The number of benzene rings is 1. The van der Waals surface area contributed by atoms with Crippen LogP contribution in [-0.2, 0) is 11.0 Å². The van der Waals surface area contributed by atoms with E-state index in [1.807, 2.05) is 0 Å². The van der Waals surface area contributed by atoms with Gasteiger partial charge in [-0.3, -0.25) is 4.79 Å². The molecule has 0 aliphatic heterocycles. The molecule has 1 amide bonds. The van der Waals surface area contributed by atoms with Gasteiger partial charge in [-0.1, -0.05) is 0 Å². The molecule has 120 valence electrons. The summed E-state index contributed by atoms with van der Waals surface area (Å²) in [6.07, 6.45) is -1.97. The van der Waals surface area contributed by atoms with E-state index in [1.165, 1.54) is 0 Å². The molecule has 4 atom stereocenters. The van der Waals surface area contributed by atoms with Gasteiger partial charge in [-0.15, -0.1) is 0 Å². The van der Waals surface area contributed by atoms with Crippen LogP contribution in [0.3, 0.4) is 0 Å². The minimum Gasteiger partial charge on any atom is -0.327 e. The summed E-state index contributed by atoms with van der Waals surface area (Å²) >= 11 is 0. The van der Waals surface area contributed by atoms with E-state index in [0.717, 1.165) is 25.3 Å². The van der Waals surface area contributed by atoms with Gasteiger partial charge in [0.2, 0.25) is 5.91 Å². The van der Waals surface area contributed by atoms with Crippen molar-refractivity contribution in [1.82, 2.24) is 0 Å². The zero-order valence-electron chi connectivity index (χ0n) is 11.7. The number of carbonyl (C=O) groups excluding carboxylic acids is 1. The Bertz CT molecular complexity index is 600. The molecule has 4 unspecified atom stereocenters. The van der Waals surface area contributed by atoms with E-state index in [4.69, 9.17) is 5.73 Å². The van der Waals surface area contributed by atoms with Crippen molar-refractivity contribution in [2.75, 3.05) is 5.32 Å². The number of fused-ring (bicyclic) bond motifs is 2. The molecule has 7 heteroatoms. The highest BCUT2D eigenvalue weighted by molar-refractivity contribution is 5.93. The van der Waals surface area contributed by atoms with Crippen LogP contribution >= 0.6 is 0 Å². The van der Waals surface area contributed by atoms with Gasteiger partial charge in [-0.25, -0.2) is 4.39 Å². The number of hydrogen-bond donors (Lipinski definition) is 2. The highest BCUT2D eigenvalue weighted by Crippen LogP contribution is 2.48. The van der Waals surface area contributed by atoms with E-state index in [2.05, 4.69) is 5.32 Å². The standard InChI is InChI=1S/C15H16F4N2O/c16-11-4-3-9(6-10(11)15(17,18)19)21-14(22)12-7-1-2-8(5-7)13(12)20/h3-4,6-8,12-13H,1-2,5,20H2,(H,21,22). The van der Waals surface area contributed by atoms with Crippen molar-refractivity contribution in [2.45, 2.75) is 31.5 Å². The molecule has 0 aromatic heterocycles. The largest absolute Gasteiger partial charge is 0.419 e. The molecule has 2 aliphatic rings. The number of anilines is 1. The van der Waals surface area contributed by atoms with Crippen LogP contribution < -0.4 is 11.1 Å². The van der Waals surface area contributed by atoms with Crippen LogP contribution in [0, 0.1) is 23.6 Å². The maximum atomic E-state index is 13.2. The topological polar surface area (TPSA) is 55.1 Å². The summed E-state index contributed by atoms with van der Waals surface area (Å²) in [6, 6.07) is 2.20. The maximum Gasteiger partial charge on any atom is 0.419 e. The third kappa shape index (κ3) is 2.58. The fraction of sp³-hybridized carbons (Fsp3) is 0.533. The first-order valence-corrected chi connectivity index (χ1v) is 7.20. The average Bonchev–Trinajstić information content (AvgIpc) is 3.00. The second-order valence-electron chi connectivity index (χ2n) is 6.12. The number of hydrogen-bond acceptors (Lipinski definition) is 2. The Kier molecular flexibility index (Phi) is 3.63. The lowest BCUT2D eigenvalue weighted by molar-refractivity contribution is -0.140. The number of nitrogens with one attached hydrogen (secondary N) is 1. The van der Waals surface area contributed by atoms with E-state index < -0.39 is 17.6 Å². The lowest BCUT2D eigenvalue weighted by Gasteiger charge is -2.27. The van der Waals surface area contributed by atoms with Crippen LogP contribution in [0.15, 0.2) is 18.2 Å². The first kappa shape index (κ1) is 15.3. The minimum absolute atomic E-state index is 0.0614. The molecule has 3 N–H and O–H groups in total. The third-order valence-electron chi connectivity index (χ3n) is 4.82. The van der Waals surface area contributed by atoms with E-state index in [-0.39, 0.29) is 29.5 Å². The molecule has 3 rings (SSSR count). The van der Waals surface area contributed by atoms with Crippen LogP contribution in [0.2, 0.25) is 0 Å². The van der Waals surface area contributed by atoms with Gasteiger partial charge in [0.05, 0.1) is 11.5 Å². The zero-order chi connectivity index (χ0) is 16.1. The summed E-state index contributed by atoms with van der Waals surface area (Å²) in [4.78, 5) is 12.3. The Hall–Kier alpha value is -1.63. The first-order valence-electron chi connectivity index (χ1n) is 7.20. The van der Waals surface area contributed by atoms with Crippen LogP contribution in [0.4, 0.5) is 23.2 Å². The molecule has 0 heterocycles. The van der Waals surface area contributed by atoms with Crippen molar-refractivity contribution in [3.63, 3.8) is 0 Å². The molecule has 2 saturated carbocycles. The minimum atomic E-state index is -4.80. The van der Waals surface area contributed by atoms with E-state index in [9.17, 15) is 22.4 Å². The van der Waals surface area contributed by atoms with Gasteiger partial charge in [0, 0.05) is 11.7 Å². The van der Waals surface area contributed by atoms with Gasteiger partial charge in [0.1, 0.15) is 5.82 Å². The molecule has 22 heavy (non-hydrogen) atoms. The molecule has 0 spiro atoms. The van der Waals surface area contributed by atoms with Crippen LogP contribution in [0.25, 0.3) is 0 Å². The fourth-order valence-electron chi connectivity index (χ4n) is 3.77. The predicted molar refractivity (Wildman–Crippen MR) is 72.3 cm³/mol. The highest BCUT2D eigenvalue weighted by atomic mass is 19.4. The second-order valence-corrected chi connectivity index (χ2v) is 6.12. The summed E-state index contributed by atoms with van der Waals surface area (Å²) in [5, 5.41) is 2.45. The van der Waals surface area contributed by atoms with Gasteiger partial charge >= 0.3 is 6.18 Å². The number of rotatable bonds is 2. The number of nitrogens with two attached hydrogens (primary N) is 1. The Labute approximate surface area is 124 Å². The Morgan fingerprint density at radius 2 is 1.91 bits per heavy atom. The van der Waals surface area contributed by atoms with Crippen molar-refractivity contribution >= 4 is 11.6 Å². The molecule has 1 aromatic rings. The third-order valence-corrected chi connectivity index (χ3v) is 4.82. The van der Waals surface area contributed by atoms with Gasteiger partial charge in [-0.2, -0.15) is 13.2 Å². The van der Waals surface area contributed by atoms with E-state index in [0.29, 0.717) is 18.1 Å². The Balaban J connectivity index is 1.78. The zero-order valence-corrected chi connectivity index (χ0v) is 11.7. The summed E-state index contributed by atoms with van der Waals surface area (Å²) in [5.74, 6) is -1.60. The first-order chi connectivity index (χ1) is 10.3. The fourth-order valence-corrected chi connectivity index (χ4v) is 3.77. The van der Waals surface area contributed by atoms with Crippen molar-refractivity contribution < 1.29 is 22.4 Å². The lowest BCUT2D eigenvalue weighted by Crippen LogP contribution is -2.42. The molecule has 3 nitrogen and oxygen atoms in total. The average molecular weight is 316 g/mol. The van der Waals surface area contributed by atoms with E-state index >= 15 is 0 Å². The Morgan fingerprint density at radius 1 is 1.23 bits per heavy atom. The number of halogens is 4. The monoisotopic (exact) mass is 316 g/mol. The normalized spacial score (nSPS) is 30.6. The van der Waals surface area contributed by atoms with E-state index in [1.54, 1.807) is 0 Å². The van der Waals surface area contributed by atoms with Crippen molar-refractivity contribution in [2.24, 2.45) is 23.5 Å². The molecular formula is C15H16F4N2O. The number of carbonyl (C=O) groups is 1.